The number of nitriles is 1. The number of hydrogen-bond acceptors (Lipinski definition) is 3. The van der Waals surface area contributed by atoms with E-state index >= 15 is 0 Å². The Morgan fingerprint density at radius 3 is 3.00 bits per heavy atom. The molecule has 4 nitrogen and oxygen atoms in total. The highest BCUT2D eigenvalue weighted by atomic mass is 16.3. The highest BCUT2D eigenvalue weighted by Crippen LogP contribution is 2.18. The Morgan fingerprint density at radius 2 is 2.29 bits per heavy atom. The molecule has 17 heavy (non-hydrogen) atoms. The minimum atomic E-state index is 0.131. The van der Waals surface area contributed by atoms with E-state index in [9.17, 15) is 5.26 Å². The maximum atomic E-state index is 9.22. The number of fused-ring (bicyclic) bond motifs is 1. The predicted octanol–water partition coefficient (Wildman–Crippen LogP) is 1.24. The molecule has 0 bridgehead atoms. The molecule has 0 aliphatic heterocycles. The highest BCUT2D eigenvalue weighted by Gasteiger charge is 2.11. The third-order valence-corrected chi connectivity index (χ3v) is 2.80. The fourth-order valence-electron chi connectivity index (χ4n) is 1.97. The first-order valence-corrected chi connectivity index (χ1v) is 5.54. The lowest BCUT2D eigenvalue weighted by Gasteiger charge is -2.13. The van der Waals surface area contributed by atoms with Crippen LogP contribution in [0.25, 0.3) is 5.52 Å². The van der Waals surface area contributed by atoms with E-state index in [0.29, 0.717) is 13.1 Å². The molecule has 88 valence electrons. The molecule has 0 saturated carbocycles. The molecule has 0 saturated heterocycles. The van der Waals surface area contributed by atoms with Gasteiger partial charge in [0.1, 0.15) is 6.07 Å². The van der Waals surface area contributed by atoms with E-state index < -0.39 is 0 Å². The number of aliphatic hydroxyl groups is 1. The van der Waals surface area contributed by atoms with Crippen LogP contribution in [0, 0.1) is 11.3 Å². The summed E-state index contributed by atoms with van der Waals surface area (Å²) in [5.41, 5.74) is 2.65. The van der Waals surface area contributed by atoms with Gasteiger partial charge in [-0.25, -0.2) is 0 Å². The molecule has 0 atom stereocenters. The summed E-state index contributed by atoms with van der Waals surface area (Å²) in [6.45, 7) is 1.41. The summed E-state index contributed by atoms with van der Waals surface area (Å²) < 4.78 is 1.96. The minimum Gasteiger partial charge on any atom is -0.395 e. The lowest BCUT2D eigenvalue weighted by Crippen LogP contribution is -2.21. The SMILES string of the molecule is CN(CCO)Cc1cn2ccccc2c1C#N. The molecule has 0 unspecified atom stereocenters. The molecular formula is C13H15N3O. The normalized spacial score (nSPS) is 10.9. The van der Waals surface area contributed by atoms with E-state index in [0.717, 1.165) is 16.6 Å². The summed E-state index contributed by atoms with van der Waals surface area (Å²) in [6, 6.07) is 8.06. The largest absolute Gasteiger partial charge is 0.395 e. The maximum Gasteiger partial charge on any atom is 0.102 e. The molecule has 0 amide bonds. The Labute approximate surface area is 100 Å². The zero-order valence-electron chi connectivity index (χ0n) is 9.80. The molecule has 2 aromatic heterocycles. The average Bonchev–Trinajstić information content (AvgIpc) is 2.66. The summed E-state index contributed by atoms with van der Waals surface area (Å²) in [4.78, 5) is 2.00. The minimum absolute atomic E-state index is 0.131. The van der Waals surface area contributed by atoms with Gasteiger partial charge in [0.25, 0.3) is 0 Å². The van der Waals surface area contributed by atoms with E-state index in [-0.39, 0.29) is 6.61 Å². The predicted molar refractivity (Wildman–Crippen MR) is 65.5 cm³/mol. The second kappa shape index (κ2) is 5.00. The summed E-state index contributed by atoms with van der Waals surface area (Å²) in [6.07, 6.45) is 3.91. The Balaban J connectivity index is 2.37. The summed E-state index contributed by atoms with van der Waals surface area (Å²) >= 11 is 0. The fraction of sp³-hybridized carbons (Fsp3) is 0.308. The van der Waals surface area contributed by atoms with E-state index in [2.05, 4.69) is 6.07 Å². The number of aromatic nitrogens is 1. The van der Waals surface area contributed by atoms with Crippen molar-refractivity contribution in [3.63, 3.8) is 0 Å². The fourth-order valence-corrected chi connectivity index (χ4v) is 1.97. The van der Waals surface area contributed by atoms with Crippen LogP contribution in [-0.4, -0.2) is 34.6 Å². The van der Waals surface area contributed by atoms with Crippen molar-refractivity contribution in [2.24, 2.45) is 0 Å². The molecule has 0 spiro atoms. The molecular weight excluding hydrogens is 214 g/mol. The molecule has 4 heteroatoms. The van der Waals surface area contributed by atoms with E-state index in [1.54, 1.807) is 0 Å². The standard InChI is InChI=1S/C13H15N3O/c1-15(6-7-17)9-11-10-16-5-3-2-4-13(16)12(11)8-14/h2-5,10,17H,6-7,9H2,1H3. The topological polar surface area (TPSA) is 51.7 Å². The van der Waals surface area contributed by atoms with Gasteiger partial charge in [0, 0.05) is 31.0 Å². The van der Waals surface area contributed by atoms with Gasteiger partial charge in [-0.2, -0.15) is 5.26 Å². The monoisotopic (exact) mass is 229 g/mol. The van der Waals surface area contributed by atoms with Gasteiger partial charge in [0.05, 0.1) is 17.7 Å². The van der Waals surface area contributed by atoms with E-state index in [1.807, 2.05) is 46.9 Å². The van der Waals surface area contributed by atoms with Crippen LogP contribution in [0.4, 0.5) is 0 Å². The van der Waals surface area contributed by atoms with Gasteiger partial charge in [-0.3, -0.25) is 4.90 Å². The number of aliphatic hydroxyl groups excluding tert-OH is 1. The summed E-state index contributed by atoms with van der Waals surface area (Å²) in [5.74, 6) is 0. The van der Waals surface area contributed by atoms with E-state index in [1.165, 1.54) is 0 Å². The molecule has 0 aromatic carbocycles. The number of nitrogens with zero attached hydrogens (tertiary/aromatic N) is 3. The van der Waals surface area contributed by atoms with Gasteiger partial charge in [-0.1, -0.05) is 6.07 Å². The van der Waals surface area contributed by atoms with Crippen molar-refractivity contribution in [3.8, 4) is 6.07 Å². The summed E-state index contributed by atoms with van der Waals surface area (Å²) in [5, 5.41) is 18.1. The van der Waals surface area contributed by atoms with Crippen molar-refractivity contribution in [2.75, 3.05) is 20.2 Å². The van der Waals surface area contributed by atoms with Crippen LogP contribution in [0.2, 0.25) is 0 Å². The Hall–Kier alpha value is -1.83. The molecule has 0 aliphatic rings. The molecule has 2 heterocycles. The van der Waals surface area contributed by atoms with Crippen molar-refractivity contribution in [1.82, 2.24) is 9.30 Å². The first-order valence-electron chi connectivity index (χ1n) is 5.54. The zero-order valence-corrected chi connectivity index (χ0v) is 9.80. The van der Waals surface area contributed by atoms with Gasteiger partial charge in [-0.15, -0.1) is 0 Å². The van der Waals surface area contributed by atoms with Gasteiger partial charge >= 0.3 is 0 Å². The lowest BCUT2D eigenvalue weighted by molar-refractivity contribution is 0.217. The first kappa shape index (κ1) is 11.6. The average molecular weight is 229 g/mol. The molecule has 0 fully saturated rings. The Morgan fingerprint density at radius 1 is 1.47 bits per heavy atom. The zero-order chi connectivity index (χ0) is 12.3. The van der Waals surface area contributed by atoms with Crippen molar-refractivity contribution < 1.29 is 5.11 Å². The molecule has 2 aromatic rings. The quantitative estimate of drug-likeness (QED) is 0.858. The van der Waals surface area contributed by atoms with Crippen molar-refractivity contribution in [3.05, 3.63) is 41.7 Å². The van der Waals surface area contributed by atoms with Gasteiger partial charge < -0.3 is 9.51 Å². The maximum absolute atomic E-state index is 9.22. The molecule has 0 radical (unpaired) electrons. The van der Waals surface area contributed by atoms with E-state index in [4.69, 9.17) is 5.11 Å². The van der Waals surface area contributed by atoms with Crippen LogP contribution in [-0.2, 0) is 6.54 Å². The second-order valence-corrected chi connectivity index (χ2v) is 4.10. The highest BCUT2D eigenvalue weighted by molar-refractivity contribution is 5.65. The number of rotatable bonds is 4. The van der Waals surface area contributed by atoms with Gasteiger partial charge in [-0.05, 0) is 19.2 Å². The Bertz CT molecular complexity index is 553. The first-order chi connectivity index (χ1) is 8.26. The van der Waals surface area contributed by atoms with Crippen LogP contribution in [0.1, 0.15) is 11.1 Å². The smallest absolute Gasteiger partial charge is 0.102 e. The third kappa shape index (κ3) is 2.31. The third-order valence-electron chi connectivity index (χ3n) is 2.80. The van der Waals surface area contributed by atoms with Gasteiger partial charge in [0.15, 0.2) is 0 Å². The second-order valence-electron chi connectivity index (χ2n) is 4.10. The molecule has 2 rings (SSSR count). The van der Waals surface area contributed by atoms with Gasteiger partial charge in [0.2, 0.25) is 0 Å². The lowest BCUT2D eigenvalue weighted by atomic mass is 10.1. The number of likely N-dealkylation sites (N-methyl/N-ethyl adjacent to an activating group) is 1. The molecule has 0 aliphatic carbocycles. The summed E-state index contributed by atoms with van der Waals surface area (Å²) in [7, 11) is 1.93. The van der Waals surface area contributed by atoms with Crippen LogP contribution >= 0.6 is 0 Å². The Kier molecular flexibility index (Phi) is 3.43. The van der Waals surface area contributed by atoms with Crippen molar-refractivity contribution >= 4 is 5.52 Å². The van der Waals surface area contributed by atoms with Crippen LogP contribution in [0.3, 0.4) is 0 Å². The van der Waals surface area contributed by atoms with Crippen LogP contribution < -0.4 is 0 Å². The number of pyridine rings is 1. The van der Waals surface area contributed by atoms with Crippen LogP contribution in [0.15, 0.2) is 30.6 Å². The van der Waals surface area contributed by atoms with Crippen molar-refractivity contribution in [1.29, 1.82) is 5.26 Å². The van der Waals surface area contributed by atoms with Crippen molar-refractivity contribution in [2.45, 2.75) is 6.54 Å². The van der Waals surface area contributed by atoms with Crippen LogP contribution in [0.5, 0.6) is 0 Å². The molecule has 1 N–H and O–H groups in total. The number of hydrogen-bond donors (Lipinski definition) is 1.